The molecule has 6 heteroatoms. The lowest BCUT2D eigenvalue weighted by molar-refractivity contribution is -0.385. The molecule has 0 N–H and O–H groups in total. The van der Waals surface area contributed by atoms with Crippen molar-refractivity contribution in [2.45, 2.75) is 20.8 Å². The van der Waals surface area contributed by atoms with E-state index >= 15 is 0 Å². The van der Waals surface area contributed by atoms with Gasteiger partial charge in [0.1, 0.15) is 0 Å². The third kappa shape index (κ3) is 3.01. The van der Waals surface area contributed by atoms with E-state index in [9.17, 15) is 14.9 Å². The second-order valence-electron chi connectivity index (χ2n) is 5.06. The first-order valence-electron chi connectivity index (χ1n) is 5.67. The number of carbonyl (C=O) groups excluding carboxylic acids is 1. The normalized spacial score (nSPS) is 11.0. The Hall–Kier alpha value is -2.11. The van der Waals surface area contributed by atoms with Crippen LogP contribution in [0.1, 0.15) is 31.1 Å². The predicted molar refractivity (Wildman–Crippen MR) is 70.0 cm³/mol. The first kappa shape index (κ1) is 14.9. The number of nitrogens with zero attached hydrogens (tertiary/aromatic N) is 1. The fourth-order valence-electron chi connectivity index (χ4n) is 1.61. The summed E-state index contributed by atoms with van der Waals surface area (Å²) in [7, 11) is 2.79. The molecule has 0 amide bonds. The topological polar surface area (TPSA) is 78.7 Å². The predicted octanol–water partition coefficient (Wildman–Crippen LogP) is 2.84. The largest absolute Gasteiger partial charge is 0.493 e. The first-order chi connectivity index (χ1) is 8.72. The molecule has 0 aromatic heterocycles. The van der Waals surface area contributed by atoms with Gasteiger partial charge in [0.05, 0.1) is 30.8 Å². The molecule has 0 fully saturated rings. The Balaban J connectivity index is 3.53. The number of carbonyl (C=O) groups is 1. The Kier molecular flexibility index (Phi) is 4.14. The molecule has 0 aliphatic rings. The molecule has 0 aliphatic heterocycles. The second kappa shape index (κ2) is 5.26. The van der Waals surface area contributed by atoms with Crippen molar-refractivity contribution >= 4 is 11.5 Å². The Morgan fingerprint density at radius 3 is 2.00 bits per heavy atom. The lowest BCUT2D eigenvalue weighted by atomic mass is 9.85. The molecule has 0 saturated heterocycles. The van der Waals surface area contributed by atoms with E-state index in [1.165, 1.54) is 26.4 Å². The minimum atomic E-state index is -0.718. The highest BCUT2D eigenvalue weighted by Crippen LogP contribution is 2.37. The molecule has 0 spiro atoms. The molecular formula is C13H17NO5. The molecule has 1 aromatic carbocycles. The highest BCUT2D eigenvalue weighted by atomic mass is 16.6. The van der Waals surface area contributed by atoms with Gasteiger partial charge in [-0.15, -0.1) is 0 Å². The summed E-state index contributed by atoms with van der Waals surface area (Å²) < 4.78 is 10.1. The van der Waals surface area contributed by atoms with Crippen LogP contribution in [0.5, 0.6) is 11.5 Å². The van der Waals surface area contributed by atoms with Crippen molar-refractivity contribution in [3.63, 3.8) is 0 Å². The van der Waals surface area contributed by atoms with E-state index in [4.69, 9.17) is 9.47 Å². The minimum absolute atomic E-state index is 0.0233. The van der Waals surface area contributed by atoms with Gasteiger partial charge in [-0.2, -0.15) is 0 Å². The first-order valence-corrected chi connectivity index (χ1v) is 5.67. The van der Waals surface area contributed by atoms with Gasteiger partial charge in [0, 0.05) is 11.5 Å². The van der Waals surface area contributed by atoms with Gasteiger partial charge in [-0.25, -0.2) is 0 Å². The molecule has 1 aromatic rings. The molecule has 0 atom stereocenters. The van der Waals surface area contributed by atoms with E-state index in [-0.39, 0.29) is 22.8 Å². The third-order valence-electron chi connectivity index (χ3n) is 2.62. The summed E-state index contributed by atoms with van der Waals surface area (Å²) in [5.74, 6) is 0.195. The number of benzene rings is 1. The van der Waals surface area contributed by atoms with Gasteiger partial charge >= 0.3 is 0 Å². The number of nitro benzene ring substituents is 1. The van der Waals surface area contributed by atoms with E-state index in [0.29, 0.717) is 5.75 Å². The van der Waals surface area contributed by atoms with Crippen LogP contribution in [0.4, 0.5) is 5.69 Å². The summed E-state index contributed by atoms with van der Waals surface area (Å²) in [4.78, 5) is 22.7. The summed E-state index contributed by atoms with van der Waals surface area (Å²) in [6, 6.07) is 2.56. The number of methoxy groups -OCH3 is 2. The lowest BCUT2D eigenvalue weighted by Gasteiger charge is -2.17. The van der Waals surface area contributed by atoms with Gasteiger partial charge in [0.2, 0.25) is 0 Å². The Labute approximate surface area is 111 Å². The van der Waals surface area contributed by atoms with Crippen LogP contribution < -0.4 is 9.47 Å². The Bertz CT molecular complexity index is 517. The molecule has 0 heterocycles. The molecule has 0 saturated carbocycles. The van der Waals surface area contributed by atoms with Gasteiger partial charge in [-0.05, 0) is 0 Å². The van der Waals surface area contributed by atoms with E-state index < -0.39 is 10.3 Å². The van der Waals surface area contributed by atoms with Gasteiger partial charge in [0.25, 0.3) is 5.69 Å². The number of ether oxygens (including phenoxy) is 2. The number of hydrogen-bond donors (Lipinski definition) is 0. The van der Waals surface area contributed by atoms with Crippen molar-refractivity contribution in [1.82, 2.24) is 0 Å². The maximum Gasteiger partial charge on any atom is 0.284 e. The monoisotopic (exact) mass is 267 g/mol. The van der Waals surface area contributed by atoms with Crippen molar-refractivity contribution in [2.24, 2.45) is 5.41 Å². The van der Waals surface area contributed by atoms with Crippen LogP contribution in [0.3, 0.4) is 0 Å². The highest BCUT2D eigenvalue weighted by Gasteiger charge is 2.31. The van der Waals surface area contributed by atoms with Crippen LogP contribution in [0.2, 0.25) is 0 Å². The molecule has 0 bridgehead atoms. The zero-order chi connectivity index (χ0) is 14.8. The number of Topliss-reactive ketones (excluding diaryl/α,β-unsaturated/α-hetero) is 1. The number of ketones is 1. The second-order valence-corrected chi connectivity index (χ2v) is 5.06. The van der Waals surface area contributed by atoms with E-state index in [2.05, 4.69) is 0 Å². The smallest absolute Gasteiger partial charge is 0.284 e. The average Bonchev–Trinajstić information content (AvgIpc) is 2.34. The van der Waals surface area contributed by atoms with Gasteiger partial charge in [-0.1, -0.05) is 20.8 Å². The standard InChI is InChI=1S/C13H17NO5/c1-13(2,3)12(15)8-6-10(18-4)11(19-5)7-9(8)14(16)17/h6-7H,1-5H3. The quantitative estimate of drug-likeness (QED) is 0.476. The van der Waals surface area contributed by atoms with Gasteiger partial charge in [-0.3, -0.25) is 14.9 Å². The third-order valence-corrected chi connectivity index (χ3v) is 2.62. The number of nitro groups is 1. The Morgan fingerprint density at radius 2 is 1.63 bits per heavy atom. The van der Waals surface area contributed by atoms with Crippen LogP contribution in [-0.4, -0.2) is 24.9 Å². The SMILES string of the molecule is COc1cc(C(=O)C(C)(C)C)c([N+](=O)[O-])cc1OC. The minimum Gasteiger partial charge on any atom is -0.493 e. The van der Waals surface area contributed by atoms with E-state index in [1.54, 1.807) is 20.8 Å². The van der Waals surface area contributed by atoms with Crippen LogP contribution >= 0.6 is 0 Å². The van der Waals surface area contributed by atoms with Crippen LogP contribution in [0.25, 0.3) is 0 Å². The number of hydrogen-bond acceptors (Lipinski definition) is 5. The fraction of sp³-hybridized carbons (Fsp3) is 0.462. The van der Waals surface area contributed by atoms with Crippen LogP contribution in [-0.2, 0) is 0 Å². The van der Waals surface area contributed by atoms with Crippen LogP contribution in [0, 0.1) is 15.5 Å². The van der Waals surface area contributed by atoms with Crippen molar-refractivity contribution in [2.75, 3.05) is 14.2 Å². The molecule has 19 heavy (non-hydrogen) atoms. The maximum atomic E-state index is 12.3. The molecular weight excluding hydrogens is 250 g/mol. The fourth-order valence-corrected chi connectivity index (χ4v) is 1.61. The number of rotatable bonds is 4. The lowest BCUT2D eigenvalue weighted by Crippen LogP contribution is -2.21. The van der Waals surface area contributed by atoms with Crippen LogP contribution in [0.15, 0.2) is 12.1 Å². The molecule has 1 rings (SSSR count). The summed E-state index contributed by atoms with van der Waals surface area (Å²) >= 11 is 0. The van der Waals surface area contributed by atoms with E-state index in [1.807, 2.05) is 0 Å². The molecule has 0 radical (unpaired) electrons. The zero-order valence-electron chi connectivity index (χ0n) is 11.6. The Morgan fingerprint density at radius 1 is 1.16 bits per heavy atom. The van der Waals surface area contributed by atoms with Crippen molar-refractivity contribution in [1.29, 1.82) is 0 Å². The van der Waals surface area contributed by atoms with E-state index in [0.717, 1.165) is 0 Å². The molecule has 0 aliphatic carbocycles. The summed E-state index contributed by atoms with van der Waals surface area (Å²) in [5.41, 5.74) is -0.975. The van der Waals surface area contributed by atoms with Gasteiger partial charge in [0.15, 0.2) is 17.3 Å². The van der Waals surface area contributed by atoms with Crippen molar-refractivity contribution in [3.8, 4) is 11.5 Å². The zero-order valence-corrected chi connectivity index (χ0v) is 11.6. The molecule has 0 unspecified atom stereocenters. The molecule has 104 valence electrons. The highest BCUT2D eigenvalue weighted by molar-refractivity contribution is 6.03. The maximum absolute atomic E-state index is 12.3. The van der Waals surface area contributed by atoms with Gasteiger partial charge < -0.3 is 9.47 Å². The molecule has 6 nitrogen and oxygen atoms in total. The summed E-state index contributed by atoms with van der Waals surface area (Å²) in [5, 5.41) is 11.1. The summed E-state index contributed by atoms with van der Waals surface area (Å²) in [6.45, 7) is 5.11. The summed E-state index contributed by atoms with van der Waals surface area (Å²) in [6.07, 6.45) is 0. The van der Waals surface area contributed by atoms with Crippen molar-refractivity contribution in [3.05, 3.63) is 27.8 Å². The van der Waals surface area contributed by atoms with Crippen molar-refractivity contribution < 1.29 is 19.2 Å². The average molecular weight is 267 g/mol.